The fourth-order valence-electron chi connectivity index (χ4n) is 2.94. The Morgan fingerprint density at radius 3 is 2.65 bits per heavy atom. The summed E-state index contributed by atoms with van der Waals surface area (Å²) in [5, 5.41) is -0.647. The third kappa shape index (κ3) is 4.13. The molecule has 1 saturated heterocycles. The normalized spacial score (nSPS) is 17.6. The van der Waals surface area contributed by atoms with Crippen LogP contribution < -0.4 is 9.46 Å². The number of likely N-dealkylation sites (tertiary alicyclic amines) is 1. The van der Waals surface area contributed by atoms with Gasteiger partial charge < -0.3 is 9.64 Å². The number of rotatable bonds is 5. The van der Waals surface area contributed by atoms with Crippen molar-refractivity contribution in [1.82, 2.24) is 9.88 Å². The number of nitrogens with one attached hydrogen (secondary N) is 1. The minimum Gasteiger partial charge on any atom is -0.481 e. The van der Waals surface area contributed by atoms with Crippen molar-refractivity contribution in [3.8, 4) is 5.88 Å². The molecular formula is C18H21N3O4S. The molecular weight excluding hydrogens is 354 g/mol. The number of aromatic nitrogens is 1. The van der Waals surface area contributed by atoms with Crippen LogP contribution in [-0.4, -0.2) is 49.7 Å². The van der Waals surface area contributed by atoms with Gasteiger partial charge in [0, 0.05) is 31.0 Å². The molecule has 0 radical (unpaired) electrons. The monoisotopic (exact) mass is 375 g/mol. The van der Waals surface area contributed by atoms with Crippen molar-refractivity contribution in [3.63, 3.8) is 0 Å². The Bertz CT molecular complexity index is 854. The summed E-state index contributed by atoms with van der Waals surface area (Å²) in [6.45, 7) is 0.690. The standard InChI is InChI=1S/C18H21N3O4S/c1-25-17-10-9-14(12-19-17)18(22)21-11-5-8-16(13-21)26(23,24)20-15-6-3-2-4-7-15/h2-4,6-7,9-10,12,16,20H,5,8,11,13H2,1H3/t16-/m0/s1. The first kappa shape index (κ1) is 18.2. The lowest BCUT2D eigenvalue weighted by molar-refractivity contribution is 0.0726. The smallest absolute Gasteiger partial charge is 0.255 e. The lowest BCUT2D eigenvalue weighted by Crippen LogP contribution is -2.46. The average molecular weight is 375 g/mol. The van der Waals surface area contributed by atoms with Gasteiger partial charge in [-0.25, -0.2) is 13.4 Å². The SMILES string of the molecule is COc1ccc(C(=O)N2CCC[C@H](S(=O)(=O)Nc3ccccc3)C2)cn1. The second-order valence-corrected chi connectivity index (χ2v) is 8.08. The van der Waals surface area contributed by atoms with E-state index < -0.39 is 15.3 Å². The van der Waals surface area contributed by atoms with E-state index in [0.717, 1.165) is 0 Å². The van der Waals surface area contributed by atoms with Gasteiger partial charge in [-0.05, 0) is 31.0 Å². The molecule has 1 N–H and O–H groups in total. The summed E-state index contributed by atoms with van der Waals surface area (Å²) in [6.07, 6.45) is 2.60. The van der Waals surface area contributed by atoms with Crippen LogP contribution in [0.25, 0.3) is 0 Å². The van der Waals surface area contributed by atoms with Crippen LogP contribution in [0.2, 0.25) is 0 Å². The van der Waals surface area contributed by atoms with E-state index in [1.165, 1.54) is 13.3 Å². The maximum absolute atomic E-state index is 12.7. The summed E-state index contributed by atoms with van der Waals surface area (Å²) in [5.74, 6) is 0.201. The molecule has 8 heteroatoms. The molecule has 0 unspecified atom stereocenters. The van der Waals surface area contributed by atoms with Crippen LogP contribution in [0.1, 0.15) is 23.2 Å². The van der Waals surface area contributed by atoms with E-state index >= 15 is 0 Å². The molecule has 0 bridgehead atoms. The number of benzene rings is 1. The summed E-state index contributed by atoms with van der Waals surface area (Å²) >= 11 is 0. The first-order valence-corrected chi connectivity index (χ1v) is 9.90. The zero-order valence-electron chi connectivity index (χ0n) is 14.5. The number of carbonyl (C=O) groups excluding carboxylic acids is 1. The highest BCUT2D eigenvalue weighted by Crippen LogP contribution is 2.21. The number of piperidine rings is 1. The Hall–Kier alpha value is -2.61. The van der Waals surface area contributed by atoms with Gasteiger partial charge in [-0.2, -0.15) is 0 Å². The molecule has 1 fully saturated rings. The number of para-hydroxylation sites is 1. The Labute approximate surface area is 153 Å². The topological polar surface area (TPSA) is 88.6 Å². The van der Waals surface area contributed by atoms with E-state index in [1.54, 1.807) is 41.3 Å². The molecule has 0 spiro atoms. The van der Waals surface area contributed by atoms with Crippen molar-refractivity contribution in [1.29, 1.82) is 0 Å². The molecule has 138 valence electrons. The zero-order chi connectivity index (χ0) is 18.6. The minimum absolute atomic E-state index is 0.160. The summed E-state index contributed by atoms with van der Waals surface area (Å²) in [7, 11) is -2.07. The number of sulfonamides is 1. The molecule has 1 aliphatic rings. The van der Waals surface area contributed by atoms with Crippen molar-refractivity contribution in [2.45, 2.75) is 18.1 Å². The number of pyridine rings is 1. The maximum Gasteiger partial charge on any atom is 0.255 e. The molecule has 1 aromatic carbocycles. The Balaban J connectivity index is 1.70. The number of ether oxygens (including phenoxy) is 1. The van der Waals surface area contributed by atoms with Crippen molar-refractivity contribution in [3.05, 3.63) is 54.2 Å². The predicted molar refractivity (Wildman–Crippen MR) is 98.7 cm³/mol. The molecule has 1 aromatic heterocycles. The third-order valence-corrected chi connectivity index (χ3v) is 6.11. The van der Waals surface area contributed by atoms with E-state index in [4.69, 9.17) is 4.74 Å². The number of hydrogen-bond acceptors (Lipinski definition) is 5. The highest BCUT2D eigenvalue weighted by Gasteiger charge is 2.33. The summed E-state index contributed by atoms with van der Waals surface area (Å²) < 4.78 is 32.9. The highest BCUT2D eigenvalue weighted by atomic mass is 32.2. The van der Waals surface area contributed by atoms with Crippen LogP contribution >= 0.6 is 0 Å². The number of anilines is 1. The largest absolute Gasteiger partial charge is 0.481 e. The number of methoxy groups -OCH3 is 1. The van der Waals surface area contributed by atoms with Gasteiger partial charge in [0.2, 0.25) is 15.9 Å². The summed E-state index contributed by atoms with van der Waals surface area (Å²) in [5.41, 5.74) is 0.940. The molecule has 7 nitrogen and oxygen atoms in total. The van der Waals surface area contributed by atoms with Crippen molar-refractivity contribution in [2.75, 3.05) is 24.9 Å². The second kappa shape index (κ2) is 7.74. The van der Waals surface area contributed by atoms with Gasteiger partial charge in [-0.15, -0.1) is 0 Å². The van der Waals surface area contributed by atoms with Crippen LogP contribution in [0.15, 0.2) is 48.7 Å². The van der Waals surface area contributed by atoms with Gasteiger partial charge in [0.05, 0.1) is 17.9 Å². The molecule has 2 aromatic rings. The van der Waals surface area contributed by atoms with E-state index in [1.807, 2.05) is 6.07 Å². The Morgan fingerprint density at radius 1 is 1.23 bits per heavy atom. The fraction of sp³-hybridized carbons (Fsp3) is 0.333. The van der Waals surface area contributed by atoms with Crippen LogP contribution in [0.4, 0.5) is 5.69 Å². The maximum atomic E-state index is 12.7. The molecule has 26 heavy (non-hydrogen) atoms. The van der Waals surface area contributed by atoms with Gasteiger partial charge in [0.1, 0.15) is 0 Å². The lowest BCUT2D eigenvalue weighted by atomic mass is 10.1. The summed E-state index contributed by atoms with van der Waals surface area (Å²) in [4.78, 5) is 18.3. The van der Waals surface area contributed by atoms with Crippen LogP contribution in [-0.2, 0) is 10.0 Å². The minimum atomic E-state index is -3.58. The Kier molecular flexibility index (Phi) is 5.41. The van der Waals surface area contributed by atoms with E-state index in [0.29, 0.717) is 36.5 Å². The van der Waals surface area contributed by atoms with Crippen molar-refractivity contribution < 1.29 is 17.9 Å². The van der Waals surface area contributed by atoms with E-state index in [-0.39, 0.29) is 12.5 Å². The number of nitrogens with zero attached hydrogens (tertiary/aromatic N) is 2. The first-order chi connectivity index (χ1) is 12.5. The van der Waals surface area contributed by atoms with E-state index in [9.17, 15) is 13.2 Å². The molecule has 3 rings (SSSR count). The second-order valence-electron chi connectivity index (χ2n) is 6.12. The zero-order valence-corrected chi connectivity index (χ0v) is 15.3. The highest BCUT2D eigenvalue weighted by molar-refractivity contribution is 7.93. The van der Waals surface area contributed by atoms with Crippen molar-refractivity contribution >= 4 is 21.6 Å². The van der Waals surface area contributed by atoms with Crippen LogP contribution in [0, 0.1) is 0 Å². The van der Waals surface area contributed by atoms with Crippen molar-refractivity contribution in [2.24, 2.45) is 0 Å². The summed E-state index contributed by atoms with van der Waals surface area (Å²) in [6, 6.07) is 12.0. The van der Waals surface area contributed by atoms with Gasteiger partial charge in [-0.1, -0.05) is 18.2 Å². The molecule has 1 atom stereocenters. The van der Waals surface area contributed by atoms with Gasteiger partial charge in [0.15, 0.2) is 0 Å². The molecule has 1 aliphatic heterocycles. The Morgan fingerprint density at radius 2 is 2.00 bits per heavy atom. The fourth-order valence-corrected chi connectivity index (χ4v) is 4.42. The van der Waals surface area contributed by atoms with E-state index in [2.05, 4.69) is 9.71 Å². The molecule has 0 saturated carbocycles. The van der Waals surface area contributed by atoms with Gasteiger partial charge in [-0.3, -0.25) is 9.52 Å². The molecule has 2 heterocycles. The number of carbonyl (C=O) groups is 1. The average Bonchev–Trinajstić information content (AvgIpc) is 2.68. The lowest BCUT2D eigenvalue weighted by Gasteiger charge is -2.32. The van der Waals surface area contributed by atoms with Gasteiger partial charge in [0.25, 0.3) is 5.91 Å². The van der Waals surface area contributed by atoms with Crippen LogP contribution in [0.5, 0.6) is 5.88 Å². The number of hydrogen-bond donors (Lipinski definition) is 1. The predicted octanol–water partition coefficient (Wildman–Crippen LogP) is 2.14. The third-order valence-electron chi connectivity index (χ3n) is 4.33. The molecule has 0 aliphatic carbocycles. The molecule has 1 amide bonds. The quantitative estimate of drug-likeness (QED) is 0.865. The van der Waals surface area contributed by atoms with Gasteiger partial charge >= 0.3 is 0 Å². The number of amides is 1. The first-order valence-electron chi connectivity index (χ1n) is 8.35. The van der Waals surface area contributed by atoms with Crippen LogP contribution in [0.3, 0.4) is 0 Å².